The van der Waals surface area contributed by atoms with Gasteiger partial charge in [-0.2, -0.15) is 9.36 Å². The summed E-state index contributed by atoms with van der Waals surface area (Å²) in [5, 5.41) is 12.0. The molecule has 1 aromatic carbocycles. The van der Waals surface area contributed by atoms with Gasteiger partial charge in [0.25, 0.3) is 11.8 Å². The number of methoxy groups -OCH3 is 1. The molecule has 18 nitrogen and oxygen atoms in total. The van der Waals surface area contributed by atoms with Crippen LogP contribution in [0.25, 0.3) is 11.2 Å². The molecule has 3 aliphatic rings. The third-order valence-corrected chi connectivity index (χ3v) is 11.4. The van der Waals surface area contributed by atoms with Crippen molar-refractivity contribution in [2.75, 3.05) is 37.9 Å². The minimum absolute atomic E-state index is 0.0357. The zero-order valence-electron chi connectivity index (χ0n) is 32.7. The minimum atomic E-state index is -1.02. The van der Waals surface area contributed by atoms with Crippen LogP contribution in [0.2, 0.25) is 0 Å². The van der Waals surface area contributed by atoms with Crippen molar-refractivity contribution < 1.29 is 42.8 Å². The molecule has 2 unspecified atom stereocenters. The quantitative estimate of drug-likeness (QED) is 0.0583. The highest BCUT2D eigenvalue weighted by Crippen LogP contribution is 2.41. The summed E-state index contributed by atoms with van der Waals surface area (Å²) in [4.78, 5) is 69.8. The number of imidazole rings is 1. The second kappa shape index (κ2) is 17.5. The van der Waals surface area contributed by atoms with E-state index in [0.717, 1.165) is 54.2 Å². The van der Waals surface area contributed by atoms with Crippen LogP contribution in [-0.2, 0) is 41.8 Å². The molecule has 20 heteroatoms. The summed E-state index contributed by atoms with van der Waals surface area (Å²) in [7, 11) is 1.57. The van der Waals surface area contributed by atoms with E-state index >= 15 is 0 Å². The van der Waals surface area contributed by atoms with E-state index in [1.54, 1.807) is 65.3 Å². The van der Waals surface area contributed by atoms with E-state index in [9.17, 15) is 19.2 Å². The Bertz CT molecular complexity index is 2240. The number of anilines is 1. The van der Waals surface area contributed by atoms with Gasteiger partial charge in [-0.05, 0) is 83.5 Å². The van der Waals surface area contributed by atoms with Crippen LogP contribution in [0, 0.1) is 0 Å². The highest BCUT2D eigenvalue weighted by atomic mass is 32.2. The summed E-state index contributed by atoms with van der Waals surface area (Å²) >= 11 is 2.23. The van der Waals surface area contributed by atoms with Crippen LogP contribution in [0.1, 0.15) is 58.0 Å². The van der Waals surface area contributed by atoms with Gasteiger partial charge in [0.2, 0.25) is 16.7 Å². The van der Waals surface area contributed by atoms with Crippen molar-refractivity contribution in [3.8, 4) is 5.75 Å². The van der Waals surface area contributed by atoms with Crippen LogP contribution in [-0.4, -0.2) is 103 Å². The fourth-order valence-corrected chi connectivity index (χ4v) is 8.68. The summed E-state index contributed by atoms with van der Waals surface area (Å²) in [6, 6.07) is 10.4. The van der Waals surface area contributed by atoms with Crippen molar-refractivity contribution in [1.29, 1.82) is 0 Å². The number of fused-ring (bicyclic) bond motifs is 2. The fraction of sp³-hybridized carbons (Fsp3) is 0.447. The van der Waals surface area contributed by atoms with Crippen molar-refractivity contribution in [2.24, 2.45) is 5.16 Å². The Morgan fingerprint density at radius 2 is 1.90 bits per heavy atom. The molecule has 2 saturated heterocycles. The average molecular weight is 834 g/mol. The standard InChI is InChI=1S/C38H44N10O8S2/c1-6-55-44-27(30-42-36(58-45-30)43-37(52)56-38(2,3)4)32(49)41-28-33(50)48-29(35(51)54-19-22-9-11-25(53-5)12-10-22)23(20-57-34(28)48)18-46-21-47(24-13-16-39-17-14-24)26-8-7-15-40-31(26)46/h7-12,15,21,24,28,34,39H,6,13-14,16-20H2,1-5H3,(H-,41,42,43,45,49,52)/p+1/b44-27-. The van der Waals surface area contributed by atoms with E-state index in [0.29, 0.717) is 17.1 Å². The molecule has 4 aromatic rings. The summed E-state index contributed by atoms with van der Waals surface area (Å²) in [6.45, 7) is 9.06. The molecule has 0 spiro atoms. The topological polar surface area (TPSA) is 204 Å². The Morgan fingerprint density at radius 3 is 2.62 bits per heavy atom. The molecule has 6 heterocycles. The average Bonchev–Trinajstić information content (AvgIpc) is 3.83. The van der Waals surface area contributed by atoms with E-state index in [1.165, 1.54) is 16.7 Å². The number of hydrogen-bond donors (Lipinski definition) is 3. The number of carbonyl (C=O) groups excluding carboxylic acids is 4. The van der Waals surface area contributed by atoms with Crippen LogP contribution in [0.3, 0.4) is 0 Å². The lowest BCUT2D eigenvalue weighted by molar-refractivity contribution is -0.665. The van der Waals surface area contributed by atoms with Gasteiger partial charge in [-0.1, -0.05) is 17.3 Å². The molecular weight excluding hydrogens is 789 g/mol. The first-order valence-electron chi connectivity index (χ1n) is 18.8. The number of benzene rings is 1. The van der Waals surface area contributed by atoms with Crippen molar-refractivity contribution in [1.82, 2.24) is 34.4 Å². The zero-order chi connectivity index (χ0) is 41.0. The highest BCUT2D eigenvalue weighted by molar-refractivity contribution is 8.00. The molecule has 306 valence electrons. The maximum Gasteiger partial charge on any atom is 0.414 e. The number of nitrogens with one attached hydrogen (secondary N) is 3. The number of oxime groups is 1. The number of nitrogens with zero attached hydrogens (tertiary/aromatic N) is 7. The summed E-state index contributed by atoms with van der Waals surface area (Å²) in [6.07, 6.45) is 4.97. The van der Waals surface area contributed by atoms with Gasteiger partial charge in [0.15, 0.2) is 11.8 Å². The lowest BCUT2D eigenvalue weighted by Gasteiger charge is -2.49. The number of thioether (sulfide) groups is 1. The second-order valence-electron chi connectivity index (χ2n) is 14.6. The smallest absolute Gasteiger partial charge is 0.414 e. The number of hydrogen-bond acceptors (Lipinski definition) is 15. The normalized spacial score (nSPS) is 18.7. The van der Waals surface area contributed by atoms with Crippen LogP contribution in [0.4, 0.5) is 9.93 Å². The fourth-order valence-electron chi connectivity index (χ4n) is 6.79. The first-order valence-corrected chi connectivity index (χ1v) is 20.6. The molecular formula is C38H45N10O8S2+. The van der Waals surface area contributed by atoms with Crippen molar-refractivity contribution in [3.05, 3.63) is 71.6 Å². The lowest BCUT2D eigenvalue weighted by atomic mass is 10.0. The van der Waals surface area contributed by atoms with Gasteiger partial charge in [-0.15, -0.1) is 16.7 Å². The number of ether oxygens (including phenoxy) is 3. The van der Waals surface area contributed by atoms with Crippen LogP contribution >= 0.6 is 23.3 Å². The van der Waals surface area contributed by atoms with E-state index in [4.69, 9.17) is 24.0 Å². The molecule has 2 atom stereocenters. The van der Waals surface area contributed by atoms with Gasteiger partial charge in [0.1, 0.15) is 47.9 Å². The van der Waals surface area contributed by atoms with Crippen molar-refractivity contribution in [2.45, 2.75) is 76.7 Å². The minimum Gasteiger partial charge on any atom is -0.497 e. The number of piperidine rings is 1. The molecule has 58 heavy (non-hydrogen) atoms. The summed E-state index contributed by atoms with van der Waals surface area (Å²) in [5.74, 6) is -1.05. The van der Waals surface area contributed by atoms with E-state index < -0.39 is 40.9 Å². The molecule has 0 aliphatic carbocycles. The SMILES string of the molecule is CCO/N=C(\C(=O)NC1C(=O)N2C(C(=O)OCc3ccc(OC)cc3)=C(C[n+]3cn(C4CCNCC4)c4cccnc43)CSC12)c1nsc(NC(=O)OC(C)(C)C)n1. The first-order chi connectivity index (χ1) is 27.9. The molecule has 3 N–H and O–H groups in total. The van der Waals surface area contributed by atoms with Crippen LogP contribution in [0.15, 0.2) is 65.3 Å². The maximum atomic E-state index is 14.1. The van der Waals surface area contributed by atoms with Crippen molar-refractivity contribution in [3.63, 3.8) is 0 Å². The number of esters is 1. The van der Waals surface area contributed by atoms with Gasteiger partial charge < -0.3 is 29.7 Å². The lowest BCUT2D eigenvalue weighted by Crippen LogP contribution is -2.71. The predicted molar refractivity (Wildman–Crippen MR) is 214 cm³/mol. The number of pyridine rings is 1. The third kappa shape index (κ3) is 8.92. The first kappa shape index (κ1) is 40.6. The maximum absolute atomic E-state index is 14.1. The molecule has 7 rings (SSSR count). The van der Waals surface area contributed by atoms with E-state index in [1.807, 2.05) is 23.0 Å². The number of β-lactam (4-membered cyclic amide) rings is 1. The van der Waals surface area contributed by atoms with E-state index in [2.05, 4.69) is 35.0 Å². The second-order valence-corrected chi connectivity index (χ2v) is 16.5. The van der Waals surface area contributed by atoms with Crippen LogP contribution in [0.5, 0.6) is 5.75 Å². The van der Waals surface area contributed by atoms with Gasteiger partial charge in [-0.3, -0.25) is 24.4 Å². The van der Waals surface area contributed by atoms with Gasteiger partial charge in [0.05, 0.1) is 19.7 Å². The monoisotopic (exact) mass is 833 g/mol. The molecule has 3 aliphatic heterocycles. The molecule has 0 saturated carbocycles. The summed E-state index contributed by atoms with van der Waals surface area (Å²) < 4.78 is 24.8. The van der Waals surface area contributed by atoms with Gasteiger partial charge in [0, 0.05) is 22.9 Å². The van der Waals surface area contributed by atoms with E-state index in [-0.39, 0.29) is 48.2 Å². The third-order valence-electron chi connectivity index (χ3n) is 9.45. The summed E-state index contributed by atoms with van der Waals surface area (Å²) in [5.41, 5.74) is 2.24. The zero-order valence-corrected chi connectivity index (χ0v) is 34.4. The largest absolute Gasteiger partial charge is 0.497 e. The highest BCUT2D eigenvalue weighted by Gasteiger charge is 2.55. The molecule has 3 aromatic heterocycles. The Labute approximate surface area is 342 Å². The number of amides is 3. The Hall–Kier alpha value is -5.60. The molecule has 2 fully saturated rings. The van der Waals surface area contributed by atoms with Gasteiger partial charge in [-0.25, -0.2) is 14.2 Å². The Balaban J connectivity index is 1.14. The number of aromatic nitrogens is 5. The van der Waals surface area contributed by atoms with Crippen molar-refractivity contribution >= 4 is 69.2 Å². The van der Waals surface area contributed by atoms with Crippen LogP contribution < -0.4 is 25.3 Å². The predicted octanol–water partition coefficient (Wildman–Crippen LogP) is 3.29. The van der Waals surface area contributed by atoms with Gasteiger partial charge >= 0.3 is 17.7 Å². The Kier molecular flexibility index (Phi) is 12.2. The molecule has 0 bridgehead atoms. The number of carbonyl (C=O) groups is 4. The Morgan fingerprint density at radius 1 is 1.12 bits per heavy atom. The molecule has 0 radical (unpaired) electrons. The molecule has 3 amide bonds. The number of rotatable bonds is 13.